The summed E-state index contributed by atoms with van der Waals surface area (Å²) in [6, 6.07) is 21.0. The second-order valence-electron chi connectivity index (χ2n) is 8.21. The lowest BCUT2D eigenvalue weighted by atomic mass is 10.1. The Morgan fingerprint density at radius 1 is 0.886 bits per heavy atom. The molecule has 8 heteroatoms. The van der Waals surface area contributed by atoms with Gasteiger partial charge in [-0.1, -0.05) is 25.1 Å². The van der Waals surface area contributed by atoms with Gasteiger partial charge >= 0.3 is 0 Å². The summed E-state index contributed by atoms with van der Waals surface area (Å²) in [5, 5.41) is 4.09. The highest BCUT2D eigenvalue weighted by molar-refractivity contribution is 7.67. The summed E-state index contributed by atoms with van der Waals surface area (Å²) in [6.07, 6.45) is 0.729. The molecule has 3 rings (SSSR count). The summed E-state index contributed by atoms with van der Waals surface area (Å²) in [7, 11) is 5.12. The van der Waals surface area contributed by atoms with E-state index in [0.717, 1.165) is 17.8 Å². The van der Waals surface area contributed by atoms with Gasteiger partial charge < -0.3 is 29.0 Å². The number of anilines is 2. The Hall–Kier alpha value is -3.15. The third kappa shape index (κ3) is 5.92. The standard InChI is InChI=1S/C27H35N2O5P/c1-7-17-34-35(30,23-15-13-22(14-16-23)29(2)3)27(28-21-11-9-8-10-12-21)20-18-24(31-4)26(33-6)25(19-20)32-5/h8-16,18-19,27-28H,7,17H2,1-6H3. The van der Waals surface area contributed by atoms with E-state index in [4.69, 9.17) is 18.7 Å². The fourth-order valence-electron chi connectivity index (χ4n) is 3.80. The Kier molecular flexibility index (Phi) is 9.07. The number of methoxy groups -OCH3 is 3. The molecule has 0 spiro atoms. The van der Waals surface area contributed by atoms with Gasteiger partial charge in [-0.2, -0.15) is 0 Å². The molecule has 0 amide bonds. The largest absolute Gasteiger partial charge is 0.493 e. The van der Waals surface area contributed by atoms with Gasteiger partial charge in [0.15, 0.2) is 11.5 Å². The summed E-state index contributed by atoms with van der Waals surface area (Å²) in [6.45, 7) is 2.35. The highest BCUT2D eigenvalue weighted by Crippen LogP contribution is 2.60. The highest BCUT2D eigenvalue weighted by Gasteiger charge is 2.39. The minimum atomic E-state index is -3.50. The van der Waals surface area contributed by atoms with E-state index in [-0.39, 0.29) is 0 Å². The fraction of sp³-hybridized carbons (Fsp3) is 0.333. The molecule has 3 aromatic rings. The SMILES string of the molecule is CCCOP(=O)(c1ccc(N(C)C)cc1)C(Nc1ccccc1)c1cc(OC)c(OC)c(OC)c1. The van der Waals surface area contributed by atoms with Gasteiger partial charge in [-0.25, -0.2) is 0 Å². The number of nitrogens with one attached hydrogen (secondary N) is 1. The number of benzene rings is 3. The molecule has 0 saturated carbocycles. The van der Waals surface area contributed by atoms with Crippen molar-refractivity contribution in [2.75, 3.05) is 52.2 Å². The minimum Gasteiger partial charge on any atom is -0.493 e. The molecule has 0 aliphatic heterocycles. The molecule has 0 fully saturated rings. The van der Waals surface area contributed by atoms with Crippen LogP contribution in [-0.2, 0) is 9.09 Å². The van der Waals surface area contributed by atoms with Crippen LogP contribution in [0.4, 0.5) is 11.4 Å². The van der Waals surface area contributed by atoms with E-state index in [2.05, 4.69) is 5.32 Å². The number of ether oxygens (including phenoxy) is 3. The van der Waals surface area contributed by atoms with Crippen LogP contribution in [0.1, 0.15) is 24.7 Å². The Morgan fingerprint density at radius 2 is 1.49 bits per heavy atom. The molecule has 0 bridgehead atoms. The zero-order valence-corrected chi connectivity index (χ0v) is 22.2. The molecule has 0 saturated heterocycles. The van der Waals surface area contributed by atoms with Crippen molar-refractivity contribution in [2.45, 2.75) is 19.1 Å². The number of hydrogen-bond acceptors (Lipinski definition) is 7. The third-order valence-electron chi connectivity index (χ3n) is 5.63. The zero-order chi connectivity index (χ0) is 25.4. The molecule has 0 aliphatic carbocycles. The quantitative estimate of drug-likeness (QED) is 0.311. The van der Waals surface area contributed by atoms with E-state index in [9.17, 15) is 4.57 Å². The smallest absolute Gasteiger partial charge is 0.258 e. The Labute approximate surface area is 208 Å². The maximum atomic E-state index is 14.9. The number of para-hydroxylation sites is 1. The number of hydrogen-bond donors (Lipinski definition) is 1. The van der Waals surface area contributed by atoms with Gasteiger partial charge in [0.2, 0.25) is 5.75 Å². The van der Waals surface area contributed by atoms with Crippen LogP contribution in [0.25, 0.3) is 0 Å². The van der Waals surface area contributed by atoms with Crippen molar-refractivity contribution in [3.05, 3.63) is 72.3 Å². The van der Waals surface area contributed by atoms with Gasteiger partial charge in [-0.3, -0.25) is 4.57 Å². The predicted octanol–water partition coefficient (Wildman–Crippen LogP) is 5.92. The molecule has 0 aromatic heterocycles. The number of rotatable bonds is 12. The summed E-state index contributed by atoms with van der Waals surface area (Å²) in [5.74, 6) is 0.714. The van der Waals surface area contributed by atoms with Crippen molar-refractivity contribution >= 4 is 24.0 Å². The second-order valence-corrected chi connectivity index (χ2v) is 10.7. The molecule has 2 unspecified atom stereocenters. The molecule has 3 aromatic carbocycles. The van der Waals surface area contributed by atoms with Crippen LogP contribution in [0.15, 0.2) is 66.7 Å². The third-order valence-corrected chi connectivity index (χ3v) is 8.32. The maximum absolute atomic E-state index is 14.9. The van der Waals surface area contributed by atoms with Crippen LogP contribution in [0.3, 0.4) is 0 Å². The van der Waals surface area contributed by atoms with E-state index in [1.54, 1.807) is 21.3 Å². The van der Waals surface area contributed by atoms with E-state index >= 15 is 0 Å². The van der Waals surface area contributed by atoms with Crippen LogP contribution < -0.4 is 29.7 Å². The monoisotopic (exact) mass is 498 g/mol. The number of nitrogens with zero attached hydrogens (tertiary/aromatic N) is 1. The minimum absolute atomic E-state index is 0.351. The van der Waals surface area contributed by atoms with Crippen LogP contribution >= 0.6 is 7.37 Å². The average Bonchev–Trinajstić information content (AvgIpc) is 2.90. The second kappa shape index (κ2) is 12.0. The van der Waals surface area contributed by atoms with Gasteiger partial charge in [0, 0.05) is 30.8 Å². The summed E-state index contributed by atoms with van der Waals surface area (Å²) in [5.41, 5.74) is 2.52. The Morgan fingerprint density at radius 3 is 1.97 bits per heavy atom. The first-order valence-corrected chi connectivity index (χ1v) is 13.2. The van der Waals surface area contributed by atoms with Crippen molar-refractivity contribution in [3.8, 4) is 17.2 Å². The van der Waals surface area contributed by atoms with Crippen molar-refractivity contribution in [3.63, 3.8) is 0 Å². The summed E-state index contributed by atoms with van der Waals surface area (Å²) < 4.78 is 37.8. The van der Waals surface area contributed by atoms with Gasteiger partial charge in [0.25, 0.3) is 7.37 Å². The highest BCUT2D eigenvalue weighted by atomic mass is 31.2. The van der Waals surface area contributed by atoms with Gasteiger partial charge in [0.1, 0.15) is 5.78 Å². The van der Waals surface area contributed by atoms with Gasteiger partial charge in [0.05, 0.1) is 27.9 Å². The molecule has 0 radical (unpaired) electrons. The summed E-state index contributed by atoms with van der Waals surface area (Å²) in [4.78, 5) is 2.00. The molecular formula is C27H35N2O5P. The van der Waals surface area contributed by atoms with Crippen molar-refractivity contribution in [1.29, 1.82) is 0 Å². The van der Waals surface area contributed by atoms with E-state index in [1.807, 2.05) is 92.6 Å². The van der Waals surface area contributed by atoms with Crippen molar-refractivity contribution in [2.24, 2.45) is 0 Å². The first kappa shape index (κ1) is 26.5. The van der Waals surface area contributed by atoms with E-state index < -0.39 is 13.2 Å². The van der Waals surface area contributed by atoms with Gasteiger partial charge in [-0.15, -0.1) is 0 Å². The molecule has 7 nitrogen and oxygen atoms in total. The zero-order valence-electron chi connectivity index (χ0n) is 21.3. The summed E-state index contributed by atoms with van der Waals surface area (Å²) >= 11 is 0. The van der Waals surface area contributed by atoms with Crippen LogP contribution in [0.5, 0.6) is 17.2 Å². The molecule has 188 valence electrons. The van der Waals surface area contributed by atoms with Gasteiger partial charge in [-0.05, 0) is 60.5 Å². The molecular weight excluding hydrogens is 463 g/mol. The first-order valence-electron chi connectivity index (χ1n) is 11.5. The van der Waals surface area contributed by atoms with E-state index in [1.165, 1.54) is 0 Å². The maximum Gasteiger partial charge on any atom is 0.258 e. The average molecular weight is 499 g/mol. The molecule has 2 atom stereocenters. The Bertz CT molecular complexity index is 1110. The molecule has 1 N–H and O–H groups in total. The lowest BCUT2D eigenvalue weighted by Gasteiger charge is -2.31. The van der Waals surface area contributed by atoms with E-state index in [0.29, 0.717) is 34.7 Å². The van der Waals surface area contributed by atoms with Crippen molar-refractivity contribution in [1.82, 2.24) is 0 Å². The van der Waals surface area contributed by atoms with Crippen LogP contribution in [-0.4, -0.2) is 42.0 Å². The van der Waals surface area contributed by atoms with Crippen LogP contribution in [0.2, 0.25) is 0 Å². The lowest BCUT2D eigenvalue weighted by molar-refractivity contribution is 0.314. The fourth-order valence-corrected chi connectivity index (χ4v) is 6.27. The van der Waals surface area contributed by atoms with Crippen LogP contribution in [0, 0.1) is 0 Å². The van der Waals surface area contributed by atoms with Crippen molar-refractivity contribution < 1.29 is 23.3 Å². The lowest BCUT2D eigenvalue weighted by Crippen LogP contribution is -2.21. The normalized spacial score (nSPS) is 13.4. The molecule has 0 aliphatic rings. The molecule has 0 heterocycles. The molecule has 35 heavy (non-hydrogen) atoms. The Balaban J connectivity index is 2.23. The first-order chi connectivity index (χ1) is 16.9. The predicted molar refractivity (Wildman–Crippen MR) is 143 cm³/mol. The topological polar surface area (TPSA) is 69.3 Å².